The van der Waals surface area contributed by atoms with Gasteiger partial charge in [-0.05, 0) is 29.8 Å². The van der Waals surface area contributed by atoms with Crippen molar-refractivity contribution in [3.05, 3.63) is 40.4 Å². The molecule has 0 spiro atoms. The Bertz CT molecular complexity index is 1000. The number of ether oxygens (including phenoxy) is 3. The maximum Gasteiger partial charge on any atom is 0.312 e. The minimum absolute atomic E-state index is 0.141. The Labute approximate surface area is 145 Å². The third-order valence-corrected chi connectivity index (χ3v) is 5.05. The number of aromatic nitrogens is 2. The molecule has 3 aromatic rings. The monoisotopic (exact) mass is 360 g/mol. The third-order valence-electron chi connectivity index (χ3n) is 4.22. The van der Waals surface area contributed by atoms with Gasteiger partial charge in [-0.2, -0.15) is 8.75 Å². The predicted molar refractivity (Wildman–Crippen MR) is 87.1 cm³/mol. The Morgan fingerprint density at radius 2 is 2.08 bits per heavy atom. The van der Waals surface area contributed by atoms with Gasteiger partial charge in [0.25, 0.3) is 0 Å². The topological polar surface area (TPSA) is 70.5 Å². The molecule has 8 heteroatoms. The van der Waals surface area contributed by atoms with Gasteiger partial charge in [-0.1, -0.05) is 11.6 Å². The summed E-state index contributed by atoms with van der Waals surface area (Å²) in [6.45, 7) is 0.141. The Kier molecular flexibility index (Phi) is 2.95. The van der Waals surface area contributed by atoms with Crippen LogP contribution in [0.15, 0.2) is 24.3 Å². The molecule has 0 bridgehead atoms. The Morgan fingerprint density at radius 1 is 1.17 bits per heavy atom. The van der Waals surface area contributed by atoms with E-state index < -0.39 is 0 Å². The van der Waals surface area contributed by atoms with Crippen LogP contribution in [0, 0.1) is 0 Å². The van der Waals surface area contributed by atoms with Gasteiger partial charge in [-0.25, -0.2) is 0 Å². The van der Waals surface area contributed by atoms with Crippen LogP contribution in [0.1, 0.15) is 23.5 Å². The molecule has 0 N–H and O–H groups in total. The fourth-order valence-corrected chi connectivity index (χ4v) is 4.01. The maximum absolute atomic E-state index is 12.1. The molecule has 120 valence electrons. The molecule has 0 fully saturated rings. The number of hydrogen-bond acceptors (Lipinski definition) is 7. The number of carbonyl (C=O) groups excluding carboxylic acids is 1. The van der Waals surface area contributed by atoms with Crippen molar-refractivity contribution < 1.29 is 19.0 Å². The summed E-state index contributed by atoms with van der Waals surface area (Å²) in [5.41, 5.74) is 3.26. The molecule has 0 unspecified atom stereocenters. The molecule has 2 aromatic carbocycles. The molecule has 0 saturated carbocycles. The zero-order chi connectivity index (χ0) is 16.3. The first-order chi connectivity index (χ1) is 11.7. The first-order valence-electron chi connectivity index (χ1n) is 7.25. The molecule has 3 heterocycles. The molecule has 5 rings (SSSR count). The van der Waals surface area contributed by atoms with Gasteiger partial charge in [-0.3, -0.25) is 4.79 Å². The lowest BCUT2D eigenvalue weighted by Gasteiger charge is -2.25. The van der Waals surface area contributed by atoms with E-state index in [1.165, 1.54) is 0 Å². The summed E-state index contributed by atoms with van der Waals surface area (Å²) >= 11 is 7.44. The second-order valence-corrected chi connectivity index (χ2v) is 6.51. The summed E-state index contributed by atoms with van der Waals surface area (Å²) in [6, 6.07) is 7.23. The summed E-state index contributed by atoms with van der Waals surface area (Å²) in [4.78, 5) is 12.1. The smallest absolute Gasteiger partial charge is 0.312 e. The van der Waals surface area contributed by atoms with Crippen molar-refractivity contribution in [2.24, 2.45) is 0 Å². The molecule has 0 radical (unpaired) electrons. The van der Waals surface area contributed by atoms with Crippen molar-refractivity contribution in [3.8, 4) is 17.2 Å². The Morgan fingerprint density at radius 3 is 3.00 bits per heavy atom. The Balaban J connectivity index is 1.74. The molecular formula is C16H9ClN2O4S. The number of carbonyl (C=O) groups is 1. The first kappa shape index (κ1) is 14.0. The second kappa shape index (κ2) is 5.06. The van der Waals surface area contributed by atoms with Gasteiger partial charge in [0.05, 0.1) is 23.2 Å². The fraction of sp³-hybridized carbons (Fsp3) is 0.188. The predicted octanol–water partition coefficient (Wildman–Crippen LogP) is 3.51. The molecule has 6 nitrogen and oxygen atoms in total. The van der Waals surface area contributed by atoms with E-state index in [0.717, 1.165) is 33.9 Å². The van der Waals surface area contributed by atoms with Crippen LogP contribution in [0.4, 0.5) is 0 Å². The summed E-state index contributed by atoms with van der Waals surface area (Å²) in [5.74, 6) is 1.13. The summed E-state index contributed by atoms with van der Waals surface area (Å²) in [5, 5.41) is 0.462. The van der Waals surface area contributed by atoms with Crippen molar-refractivity contribution in [2.75, 3.05) is 6.79 Å². The highest BCUT2D eigenvalue weighted by atomic mass is 35.5. The largest absolute Gasteiger partial charge is 0.454 e. The molecule has 1 aromatic heterocycles. The summed E-state index contributed by atoms with van der Waals surface area (Å²) < 4.78 is 24.8. The van der Waals surface area contributed by atoms with Crippen molar-refractivity contribution in [1.82, 2.24) is 8.75 Å². The number of halogens is 1. The quantitative estimate of drug-likeness (QED) is 0.488. The lowest BCUT2D eigenvalue weighted by atomic mass is 9.85. The minimum atomic E-state index is -0.288. The zero-order valence-corrected chi connectivity index (χ0v) is 13.7. The average Bonchev–Trinajstić information content (AvgIpc) is 3.22. The van der Waals surface area contributed by atoms with Crippen LogP contribution in [-0.2, 0) is 4.79 Å². The van der Waals surface area contributed by atoms with Crippen molar-refractivity contribution in [3.63, 3.8) is 0 Å². The van der Waals surface area contributed by atoms with Crippen LogP contribution in [0.3, 0.4) is 0 Å². The van der Waals surface area contributed by atoms with E-state index in [1.807, 2.05) is 6.07 Å². The van der Waals surface area contributed by atoms with Crippen molar-refractivity contribution in [2.45, 2.75) is 12.3 Å². The molecular weight excluding hydrogens is 352 g/mol. The lowest BCUT2D eigenvalue weighted by molar-refractivity contribution is -0.135. The standard InChI is InChI=1S/C16H9ClN2O4S/c17-9-3-7(4-12-16(9)22-6-21-12)8-5-13(20)23-11-2-1-10-15(14(8)11)19-24-18-10/h1-4,8H,5-6H2/t8-/m1/s1. The SMILES string of the molecule is O=C1C[C@H](c2cc(Cl)c3c(c2)OCO3)c2c(ccc3nsnc23)O1. The maximum atomic E-state index is 12.1. The molecule has 0 saturated heterocycles. The summed E-state index contributed by atoms with van der Waals surface area (Å²) in [7, 11) is 0. The number of hydrogen-bond donors (Lipinski definition) is 0. The minimum Gasteiger partial charge on any atom is -0.454 e. The van der Waals surface area contributed by atoms with Gasteiger partial charge < -0.3 is 14.2 Å². The van der Waals surface area contributed by atoms with Gasteiger partial charge in [0.1, 0.15) is 16.8 Å². The van der Waals surface area contributed by atoms with Gasteiger partial charge in [-0.15, -0.1) is 0 Å². The van der Waals surface area contributed by atoms with E-state index in [2.05, 4.69) is 8.75 Å². The molecule has 24 heavy (non-hydrogen) atoms. The fourth-order valence-electron chi connectivity index (χ4n) is 3.18. The Hall–Kier alpha value is -2.38. The van der Waals surface area contributed by atoms with Crippen LogP contribution >= 0.6 is 23.3 Å². The highest BCUT2D eigenvalue weighted by molar-refractivity contribution is 7.00. The van der Waals surface area contributed by atoms with Gasteiger partial charge >= 0.3 is 5.97 Å². The van der Waals surface area contributed by atoms with E-state index in [4.69, 9.17) is 25.8 Å². The molecule has 2 aliphatic rings. The highest BCUT2D eigenvalue weighted by Gasteiger charge is 2.33. The highest BCUT2D eigenvalue weighted by Crippen LogP contribution is 2.47. The van der Waals surface area contributed by atoms with Crippen LogP contribution in [0.5, 0.6) is 17.2 Å². The van der Waals surface area contributed by atoms with E-state index in [9.17, 15) is 4.79 Å². The average molecular weight is 361 g/mol. The zero-order valence-electron chi connectivity index (χ0n) is 12.1. The normalized spacial score (nSPS) is 18.5. The van der Waals surface area contributed by atoms with Crippen LogP contribution in [0.25, 0.3) is 11.0 Å². The molecule has 1 atom stereocenters. The number of fused-ring (bicyclic) bond motifs is 4. The molecule has 2 aliphatic heterocycles. The van der Waals surface area contributed by atoms with E-state index in [0.29, 0.717) is 22.3 Å². The van der Waals surface area contributed by atoms with Crippen molar-refractivity contribution in [1.29, 1.82) is 0 Å². The molecule has 0 amide bonds. The number of nitrogens with zero attached hydrogens (tertiary/aromatic N) is 2. The van der Waals surface area contributed by atoms with E-state index >= 15 is 0 Å². The second-order valence-electron chi connectivity index (χ2n) is 5.58. The number of esters is 1. The number of benzene rings is 2. The first-order valence-corrected chi connectivity index (χ1v) is 8.36. The van der Waals surface area contributed by atoms with E-state index in [-0.39, 0.29) is 25.1 Å². The van der Waals surface area contributed by atoms with Crippen molar-refractivity contribution >= 4 is 40.3 Å². The third kappa shape index (κ3) is 1.98. The molecule has 0 aliphatic carbocycles. The van der Waals surface area contributed by atoms with Crippen LogP contribution < -0.4 is 14.2 Å². The van der Waals surface area contributed by atoms with Gasteiger partial charge in [0.2, 0.25) is 6.79 Å². The summed E-state index contributed by atoms with van der Waals surface area (Å²) in [6.07, 6.45) is 0.208. The van der Waals surface area contributed by atoms with Gasteiger partial charge in [0, 0.05) is 11.5 Å². The lowest BCUT2D eigenvalue weighted by Crippen LogP contribution is -2.21. The number of rotatable bonds is 1. The van der Waals surface area contributed by atoms with Crippen LogP contribution in [0.2, 0.25) is 5.02 Å². The van der Waals surface area contributed by atoms with Crippen LogP contribution in [-0.4, -0.2) is 21.5 Å². The van der Waals surface area contributed by atoms with Gasteiger partial charge in [0.15, 0.2) is 11.5 Å². The van der Waals surface area contributed by atoms with E-state index in [1.54, 1.807) is 18.2 Å².